The molecule has 4 atom stereocenters. The lowest BCUT2D eigenvalue weighted by molar-refractivity contribution is -0.140. The number of carbonyl (C=O) groups is 2. The van der Waals surface area contributed by atoms with Gasteiger partial charge in [-0.2, -0.15) is 0 Å². The van der Waals surface area contributed by atoms with Crippen molar-refractivity contribution >= 4 is 11.8 Å². The van der Waals surface area contributed by atoms with Crippen molar-refractivity contribution in [2.24, 2.45) is 5.92 Å². The Labute approximate surface area is 123 Å². The molecule has 0 unspecified atom stereocenters. The first-order valence-electron chi connectivity index (χ1n) is 7.25. The highest BCUT2D eigenvalue weighted by Gasteiger charge is 2.61. The third-order valence-electron chi connectivity index (χ3n) is 4.68. The number of ether oxygens (including phenoxy) is 3. The summed E-state index contributed by atoms with van der Waals surface area (Å²) in [5.74, 6) is -0.710. The molecule has 2 heterocycles. The highest BCUT2D eigenvalue weighted by atomic mass is 16.6. The van der Waals surface area contributed by atoms with E-state index in [-0.39, 0.29) is 35.9 Å². The molecule has 2 fully saturated rings. The number of hydrogen-bond acceptors (Lipinski definition) is 5. The fourth-order valence-electron chi connectivity index (χ4n) is 3.29. The number of rotatable bonds is 2. The number of ketones is 1. The maximum absolute atomic E-state index is 12.4. The van der Waals surface area contributed by atoms with Crippen molar-refractivity contribution < 1.29 is 23.8 Å². The van der Waals surface area contributed by atoms with Gasteiger partial charge in [0.05, 0.1) is 12.2 Å². The van der Waals surface area contributed by atoms with E-state index in [1.54, 1.807) is 7.11 Å². The first kappa shape index (κ1) is 14.5. The molecule has 0 spiro atoms. The molecule has 1 aliphatic carbocycles. The minimum absolute atomic E-state index is 0.00412. The number of hydrogen-bond donors (Lipinski definition) is 0. The van der Waals surface area contributed by atoms with E-state index in [1.165, 1.54) is 0 Å². The molecule has 114 valence electrons. The van der Waals surface area contributed by atoms with E-state index in [4.69, 9.17) is 14.2 Å². The van der Waals surface area contributed by atoms with Crippen molar-refractivity contribution in [1.82, 2.24) is 0 Å². The van der Waals surface area contributed by atoms with Crippen LogP contribution in [0, 0.1) is 5.92 Å². The quantitative estimate of drug-likeness (QED) is 0.439. The number of esters is 1. The van der Waals surface area contributed by atoms with E-state index in [0.717, 1.165) is 12.8 Å². The lowest BCUT2D eigenvalue weighted by atomic mass is 9.83. The van der Waals surface area contributed by atoms with Crippen LogP contribution in [0.5, 0.6) is 0 Å². The molecule has 5 heteroatoms. The Morgan fingerprint density at radius 2 is 2.24 bits per heavy atom. The van der Waals surface area contributed by atoms with Crippen molar-refractivity contribution in [3.05, 3.63) is 23.8 Å². The minimum atomic E-state index is -0.410. The zero-order valence-electron chi connectivity index (χ0n) is 12.4. The number of allylic oxidation sites excluding steroid dienone is 1. The second kappa shape index (κ2) is 5.07. The fourth-order valence-corrected chi connectivity index (χ4v) is 3.29. The van der Waals surface area contributed by atoms with Crippen LogP contribution in [0.2, 0.25) is 0 Å². The van der Waals surface area contributed by atoms with Crippen molar-refractivity contribution in [2.75, 3.05) is 13.7 Å². The van der Waals surface area contributed by atoms with Crippen LogP contribution >= 0.6 is 0 Å². The Kier molecular flexibility index (Phi) is 3.50. The zero-order chi connectivity index (χ0) is 15.2. The van der Waals surface area contributed by atoms with Crippen molar-refractivity contribution in [3.8, 4) is 0 Å². The van der Waals surface area contributed by atoms with E-state index in [0.29, 0.717) is 17.8 Å². The van der Waals surface area contributed by atoms with Crippen LogP contribution in [0.3, 0.4) is 0 Å². The zero-order valence-corrected chi connectivity index (χ0v) is 12.4. The van der Waals surface area contributed by atoms with Crippen molar-refractivity contribution in [2.45, 2.75) is 44.0 Å². The first-order chi connectivity index (χ1) is 9.96. The summed E-state index contributed by atoms with van der Waals surface area (Å²) in [6.07, 6.45) is 3.18. The largest absolute Gasteiger partial charge is 0.455 e. The lowest BCUT2D eigenvalue weighted by Gasteiger charge is -2.19. The molecule has 21 heavy (non-hydrogen) atoms. The van der Waals surface area contributed by atoms with Gasteiger partial charge in [-0.25, -0.2) is 4.79 Å². The van der Waals surface area contributed by atoms with Crippen LogP contribution in [0.25, 0.3) is 0 Å². The van der Waals surface area contributed by atoms with Gasteiger partial charge < -0.3 is 14.2 Å². The molecule has 0 N–H and O–H groups in total. The molecule has 3 aliphatic rings. The van der Waals surface area contributed by atoms with Gasteiger partial charge in [0.1, 0.15) is 12.2 Å². The van der Waals surface area contributed by atoms with Gasteiger partial charge >= 0.3 is 5.97 Å². The number of carbonyl (C=O) groups excluding carboxylic acids is 2. The molecule has 0 amide bonds. The smallest absolute Gasteiger partial charge is 0.334 e. The Hall–Kier alpha value is -1.46. The number of fused-ring (bicyclic) bond motifs is 3. The molecule has 0 bridgehead atoms. The molecule has 0 aromatic rings. The summed E-state index contributed by atoms with van der Waals surface area (Å²) in [4.78, 5) is 24.2. The van der Waals surface area contributed by atoms with Gasteiger partial charge in [-0.15, -0.1) is 0 Å². The summed E-state index contributed by atoms with van der Waals surface area (Å²) in [6, 6.07) is 0. The van der Waals surface area contributed by atoms with Crippen LogP contribution in [0.1, 0.15) is 26.2 Å². The molecule has 0 aromatic carbocycles. The van der Waals surface area contributed by atoms with Crippen LogP contribution < -0.4 is 0 Å². The first-order valence-corrected chi connectivity index (χ1v) is 7.25. The molecule has 2 saturated heterocycles. The summed E-state index contributed by atoms with van der Waals surface area (Å²) in [6.45, 7) is 6.11. The average Bonchev–Trinajstić information content (AvgIpc) is 3.03. The topological polar surface area (TPSA) is 65.1 Å². The monoisotopic (exact) mass is 292 g/mol. The van der Waals surface area contributed by atoms with Gasteiger partial charge in [0.2, 0.25) is 0 Å². The molecular weight excluding hydrogens is 272 g/mol. The number of epoxide rings is 1. The Bertz CT molecular complexity index is 535. The third kappa shape index (κ3) is 2.45. The fraction of sp³-hybridized carbons (Fsp3) is 0.625. The average molecular weight is 292 g/mol. The van der Waals surface area contributed by atoms with Crippen molar-refractivity contribution in [3.63, 3.8) is 0 Å². The normalized spacial score (nSPS) is 39.2. The molecule has 0 radical (unpaired) electrons. The molecule has 3 rings (SSSR count). The Morgan fingerprint density at radius 3 is 2.95 bits per heavy atom. The van der Waals surface area contributed by atoms with Crippen LogP contribution in [0.4, 0.5) is 0 Å². The lowest BCUT2D eigenvalue weighted by Crippen LogP contribution is -2.31. The second-order valence-corrected chi connectivity index (χ2v) is 6.18. The SMILES string of the molecule is C=C1C(=O)O[C@@H]2[C@H]3O[C@]3(C)CCC=C(COC)C(=O)C[C@@H]12. The summed E-state index contributed by atoms with van der Waals surface area (Å²) >= 11 is 0. The van der Waals surface area contributed by atoms with E-state index >= 15 is 0 Å². The van der Waals surface area contributed by atoms with E-state index in [2.05, 4.69) is 6.58 Å². The van der Waals surface area contributed by atoms with Crippen molar-refractivity contribution in [1.29, 1.82) is 0 Å². The molecule has 2 aliphatic heterocycles. The molecule has 0 aromatic heterocycles. The van der Waals surface area contributed by atoms with Crippen LogP contribution in [0.15, 0.2) is 23.8 Å². The standard InChI is InChI=1S/C16H20O5/c1-9-11-7-12(17)10(8-19-3)5-4-6-16(2)14(21-16)13(11)20-15(9)18/h5,11,13-14H,1,4,6-8H2,2-3H3/t11-,13-,14+,16+/m0/s1. The minimum Gasteiger partial charge on any atom is -0.455 e. The molecule has 5 nitrogen and oxygen atoms in total. The highest BCUT2D eigenvalue weighted by Crippen LogP contribution is 2.49. The number of Topliss-reactive ketones (excluding diaryl/α,β-unsaturated/α-hetero) is 1. The van der Waals surface area contributed by atoms with E-state index < -0.39 is 5.97 Å². The maximum Gasteiger partial charge on any atom is 0.334 e. The number of methoxy groups -OCH3 is 1. The highest BCUT2D eigenvalue weighted by molar-refractivity contribution is 5.98. The maximum atomic E-state index is 12.4. The summed E-state index contributed by atoms with van der Waals surface area (Å²) in [5, 5.41) is 0. The Morgan fingerprint density at radius 1 is 1.48 bits per heavy atom. The molecular formula is C16H20O5. The van der Waals surface area contributed by atoms with Gasteiger partial charge in [0.25, 0.3) is 0 Å². The van der Waals surface area contributed by atoms with Gasteiger partial charge in [-0.3, -0.25) is 4.79 Å². The summed E-state index contributed by atoms with van der Waals surface area (Å²) < 4.78 is 16.3. The predicted octanol–water partition coefficient (Wildman–Crippen LogP) is 1.57. The summed E-state index contributed by atoms with van der Waals surface area (Å²) in [5.41, 5.74) is 0.762. The second-order valence-electron chi connectivity index (χ2n) is 6.18. The third-order valence-corrected chi connectivity index (χ3v) is 4.68. The molecule has 0 saturated carbocycles. The van der Waals surface area contributed by atoms with Gasteiger partial charge in [0, 0.05) is 30.6 Å². The van der Waals surface area contributed by atoms with E-state index in [1.807, 2.05) is 13.0 Å². The predicted molar refractivity (Wildman–Crippen MR) is 74.6 cm³/mol. The van der Waals surface area contributed by atoms with Gasteiger partial charge in [-0.05, 0) is 19.8 Å². The van der Waals surface area contributed by atoms with E-state index in [9.17, 15) is 9.59 Å². The van der Waals surface area contributed by atoms with Gasteiger partial charge in [-0.1, -0.05) is 12.7 Å². The Balaban J connectivity index is 1.90. The van der Waals surface area contributed by atoms with Crippen LogP contribution in [-0.2, 0) is 23.8 Å². The van der Waals surface area contributed by atoms with Gasteiger partial charge in [0.15, 0.2) is 5.78 Å². The van der Waals surface area contributed by atoms with Crippen LogP contribution in [-0.4, -0.2) is 43.3 Å². The summed E-state index contributed by atoms with van der Waals surface area (Å²) in [7, 11) is 1.57.